The average Bonchev–Trinajstić information content (AvgIpc) is 2.61. The van der Waals surface area contributed by atoms with Gasteiger partial charge in [0.1, 0.15) is 0 Å². The first-order chi connectivity index (χ1) is 7.78. The molecule has 3 unspecified atom stereocenters. The second kappa shape index (κ2) is 7.31. The molecule has 0 aromatic carbocycles. The van der Waals surface area contributed by atoms with Gasteiger partial charge in [0, 0.05) is 12.6 Å². The van der Waals surface area contributed by atoms with E-state index in [1.165, 1.54) is 0 Å². The Bertz CT molecular complexity index is 266. The quantitative estimate of drug-likeness (QED) is 0.730. The van der Waals surface area contributed by atoms with E-state index in [0.717, 1.165) is 12.8 Å². The van der Waals surface area contributed by atoms with E-state index in [-0.39, 0.29) is 36.5 Å². The predicted molar refractivity (Wildman–Crippen MR) is 76.0 cm³/mol. The van der Waals surface area contributed by atoms with Crippen molar-refractivity contribution < 1.29 is 9.90 Å². The van der Waals surface area contributed by atoms with Gasteiger partial charge in [0.25, 0.3) is 0 Å². The van der Waals surface area contributed by atoms with Crippen LogP contribution in [0.4, 0.5) is 0 Å². The van der Waals surface area contributed by atoms with E-state index in [0.29, 0.717) is 18.4 Å². The first-order valence-electron chi connectivity index (χ1n) is 6.50. The molecule has 18 heavy (non-hydrogen) atoms. The third-order valence-electron chi connectivity index (χ3n) is 3.14. The molecule has 0 spiro atoms. The van der Waals surface area contributed by atoms with Crippen LogP contribution >= 0.6 is 12.4 Å². The Morgan fingerprint density at radius 1 is 1.50 bits per heavy atom. The van der Waals surface area contributed by atoms with Crippen molar-refractivity contribution in [3.8, 4) is 0 Å². The summed E-state index contributed by atoms with van der Waals surface area (Å²) < 4.78 is 0. The third kappa shape index (κ3) is 6.57. The molecule has 5 heteroatoms. The summed E-state index contributed by atoms with van der Waals surface area (Å²) in [6.07, 6.45) is 2.23. The largest absolute Gasteiger partial charge is 0.392 e. The second-order valence-corrected chi connectivity index (χ2v) is 6.36. The first kappa shape index (κ1) is 17.7. The van der Waals surface area contributed by atoms with Crippen LogP contribution < -0.4 is 10.6 Å². The molecule has 1 fully saturated rings. The molecule has 1 rings (SSSR count). The maximum atomic E-state index is 11.8. The topological polar surface area (TPSA) is 61.4 Å². The summed E-state index contributed by atoms with van der Waals surface area (Å²) in [5.41, 5.74) is 0.306. The predicted octanol–water partition coefficient (Wildman–Crippen LogP) is 1.46. The molecule has 3 atom stereocenters. The molecule has 0 saturated carbocycles. The summed E-state index contributed by atoms with van der Waals surface area (Å²) in [6.45, 7) is 9.17. The van der Waals surface area contributed by atoms with Gasteiger partial charge >= 0.3 is 0 Å². The van der Waals surface area contributed by atoms with Gasteiger partial charge in [0.2, 0.25) is 5.91 Å². The zero-order valence-corrected chi connectivity index (χ0v) is 12.6. The number of rotatable bonds is 4. The van der Waals surface area contributed by atoms with Crippen molar-refractivity contribution in [3.05, 3.63) is 0 Å². The minimum absolute atomic E-state index is 0. The van der Waals surface area contributed by atoms with Gasteiger partial charge in [0.15, 0.2) is 0 Å². The summed E-state index contributed by atoms with van der Waals surface area (Å²) in [6, 6.07) is -0.0247. The number of β-amino-alcohol motifs (C(OH)–C–C–N with tert-alkyl or cyclic N) is 1. The smallest absolute Gasteiger partial charge is 0.237 e. The van der Waals surface area contributed by atoms with Crippen molar-refractivity contribution in [2.45, 2.75) is 65.1 Å². The lowest BCUT2D eigenvalue weighted by atomic mass is 9.89. The number of hydrogen-bond acceptors (Lipinski definition) is 3. The maximum absolute atomic E-state index is 11.8. The van der Waals surface area contributed by atoms with Crippen LogP contribution in [-0.4, -0.2) is 35.7 Å². The molecule has 4 nitrogen and oxygen atoms in total. The van der Waals surface area contributed by atoms with Crippen molar-refractivity contribution in [1.29, 1.82) is 0 Å². The molecular formula is C13H27ClN2O2. The van der Waals surface area contributed by atoms with Crippen molar-refractivity contribution in [2.24, 2.45) is 5.41 Å². The van der Waals surface area contributed by atoms with E-state index in [2.05, 4.69) is 31.4 Å². The molecule has 1 aliphatic rings. The monoisotopic (exact) mass is 278 g/mol. The number of amides is 1. The Kier molecular flexibility index (Phi) is 7.18. The van der Waals surface area contributed by atoms with E-state index in [4.69, 9.17) is 0 Å². The van der Waals surface area contributed by atoms with Gasteiger partial charge in [-0.3, -0.25) is 4.79 Å². The molecule has 0 bridgehead atoms. The minimum Gasteiger partial charge on any atom is -0.392 e. The molecule has 1 heterocycles. The minimum atomic E-state index is -0.379. The maximum Gasteiger partial charge on any atom is 0.237 e. The summed E-state index contributed by atoms with van der Waals surface area (Å²) in [4.78, 5) is 11.8. The van der Waals surface area contributed by atoms with E-state index in [1.54, 1.807) is 0 Å². The zero-order chi connectivity index (χ0) is 13.1. The Morgan fingerprint density at radius 2 is 2.11 bits per heavy atom. The van der Waals surface area contributed by atoms with Crippen molar-refractivity contribution in [3.63, 3.8) is 0 Å². The molecule has 0 aromatic heterocycles. The van der Waals surface area contributed by atoms with Gasteiger partial charge in [-0.15, -0.1) is 12.4 Å². The molecule has 0 aliphatic carbocycles. The number of carbonyl (C=O) groups excluding carboxylic acids is 1. The summed E-state index contributed by atoms with van der Waals surface area (Å²) in [5, 5.41) is 15.4. The lowest BCUT2D eigenvalue weighted by Crippen LogP contribution is -2.44. The zero-order valence-electron chi connectivity index (χ0n) is 11.8. The fraction of sp³-hybridized carbons (Fsp3) is 0.923. The Morgan fingerprint density at radius 3 is 2.56 bits per heavy atom. The van der Waals surface area contributed by atoms with Gasteiger partial charge in [-0.25, -0.2) is 0 Å². The van der Waals surface area contributed by atoms with Crippen LogP contribution in [0.25, 0.3) is 0 Å². The molecule has 1 aliphatic heterocycles. The van der Waals surface area contributed by atoms with Gasteiger partial charge < -0.3 is 15.7 Å². The number of nitrogens with one attached hydrogen (secondary N) is 2. The Balaban J connectivity index is 0.00000289. The van der Waals surface area contributed by atoms with Crippen LogP contribution in [0.2, 0.25) is 0 Å². The molecule has 1 amide bonds. The fourth-order valence-corrected chi connectivity index (χ4v) is 1.98. The third-order valence-corrected chi connectivity index (χ3v) is 3.14. The van der Waals surface area contributed by atoms with Crippen LogP contribution in [0, 0.1) is 5.41 Å². The van der Waals surface area contributed by atoms with Crippen molar-refractivity contribution >= 4 is 18.3 Å². The molecule has 0 radical (unpaired) electrons. The van der Waals surface area contributed by atoms with Gasteiger partial charge in [-0.1, -0.05) is 20.8 Å². The van der Waals surface area contributed by atoms with E-state index in [9.17, 15) is 9.90 Å². The normalized spacial score (nSPS) is 25.4. The van der Waals surface area contributed by atoms with Crippen LogP contribution in [0.3, 0.4) is 0 Å². The van der Waals surface area contributed by atoms with E-state index < -0.39 is 0 Å². The number of halogens is 1. The van der Waals surface area contributed by atoms with Gasteiger partial charge in [-0.05, 0) is 31.6 Å². The summed E-state index contributed by atoms with van der Waals surface area (Å²) in [7, 11) is 0. The first-order valence-corrected chi connectivity index (χ1v) is 6.50. The molecule has 3 N–H and O–H groups in total. The SMILES string of the molecule is CC(CCC(C)(C)C)NC(=O)C1CC(O)CN1.Cl. The molecule has 108 valence electrons. The van der Waals surface area contributed by atoms with Crippen LogP contribution in [0.1, 0.15) is 47.0 Å². The van der Waals surface area contributed by atoms with E-state index in [1.807, 2.05) is 6.92 Å². The molecule has 1 saturated heterocycles. The van der Waals surface area contributed by atoms with Crippen LogP contribution in [0.5, 0.6) is 0 Å². The number of hydrogen-bond donors (Lipinski definition) is 3. The highest BCUT2D eigenvalue weighted by Crippen LogP contribution is 2.21. The van der Waals surface area contributed by atoms with Crippen LogP contribution in [0.15, 0.2) is 0 Å². The van der Waals surface area contributed by atoms with Crippen molar-refractivity contribution in [2.75, 3.05) is 6.54 Å². The highest BCUT2D eigenvalue weighted by atomic mass is 35.5. The number of carbonyl (C=O) groups is 1. The second-order valence-electron chi connectivity index (χ2n) is 6.36. The Labute approximate surface area is 116 Å². The summed E-state index contributed by atoms with van der Waals surface area (Å²) in [5.74, 6) is 0.0166. The molecular weight excluding hydrogens is 252 g/mol. The number of aliphatic hydroxyl groups excluding tert-OH is 1. The standard InChI is InChI=1S/C13H26N2O2.ClH/c1-9(5-6-13(2,3)4)15-12(17)11-7-10(16)8-14-11;/h9-11,14,16H,5-8H2,1-4H3,(H,15,17);1H. The lowest BCUT2D eigenvalue weighted by Gasteiger charge is -2.22. The lowest BCUT2D eigenvalue weighted by molar-refractivity contribution is -0.123. The number of aliphatic hydroxyl groups is 1. The van der Waals surface area contributed by atoms with Crippen LogP contribution in [-0.2, 0) is 4.79 Å². The van der Waals surface area contributed by atoms with Crippen molar-refractivity contribution in [1.82, 2.24) is 10.6 Å². The van der Waals surface area contributed by atoms with Gasteiger partial charge in [-0.2, -0.15) is 0 Å². The van der Waals surface area contributed by atoms with Gasteiger partial charge in [0.05, 0.1) is 12.1 Å². The Hall–Kier alpha value is -0.320. The molecule has 0 aromatic rings. The average molecular weight is 279 g/mol. The highest BCUT2D eigenvalue weighted by molar-refractivity contribution is 5.85. The van der Waals surface area contributed by atoms with E-state index >= 15 is 0 Å². The fourth-order valence-electron chi connectivity index (χ4n) is 1.98. The summed E-state index contributed by atoms with van der Waals surface area (Å²) >= 11 is 0. The highest BCUT2D eigenvalue weighted by Gasteiger charge is 2.28.